The van der Waals surface area contributed by atoms with Crippen LogP contribution in [-0.4, -0.2) is 89.5 Å². The molecule has 1 aromatic carbocycles. The van der Waals surface area contributed by atoms with E-state index < -0.39 is 51.3 Å². The molecule has 0 saturated heterocycles. The molecule has 3 N–H and O–H groups in total. The molecule has 0 aliphatic carbocycles. The minimum atomic E-state index is -4.93. The van der Waals surface area contributed by atoms with E-state index in [0.29, 0.717) is 30.7 Å². The van der Waals surface area contributed by atoms with Crippen molar-refractivity contribution in [1.29, 1.82) is 0 Å². The van der Waals surface area contributed by atoms with Crippen LogP contribution < -0.4 is 2.81 Å². The summed E-state index contributed by atoms with van der Waals surface area (Å²) in [5.74, 6) is -2.22. The average Bonchev–Trinajstić information content (AvgIpc) is 2.47. The molecule has 0 fully saturated rings. The summed E-state index contributed by atoms with van der Waals surface area (Å²) in [7, 11) is -4.93. The fourth-order valence-electron chi connectivity index (χ4n) is 1.79. The van der Waals surface area contributed by atoms with Crippen molar-refractivity contribution >= 4 is 52.8 Å². The molecule has 1 rings (SSSR count). The maximum atomic E-state index is 11.9. The predicted molar refractivity (Wildman–Crippen MR) is 76.4 cm³/mol. The number of carbonyl (C=O) groups excluding carboxylic acids is 2. The molecule has 1 aromatic rings. The Kier molecular flexibility index (Phi) is 7.61. The van der Waals surface area contributed by atoms with Gasteiger partial charge in [0.25, 0.3) is 0 Å². The average molecular weight is 356 g/mol. The Morgan fingerprint density at radius 2 is 1.39 bits per heavy atom. The molecule has 23 heavy (non-hydrogen) atoms. The van der Waals surface area contributed by atoms with Gasteiger partial charge < -0.3 is 0 Å². The quantitative estimate of drug-likeness (QED) is 0.287. The summed E-state index contributed by atoms with van der Waals surface area (Å²) in [4.78, 5) is 22.9. The van der Waals surface area contributed by atoms with Crippen molar-refractivity contribution in [2.75, 3.05) is 26.4 Å². The van der Waals surface area contributed by atoms with E-state index in [1.807, 2.05) is 0 Å². The molecule has 0 radical (unpaired) electrons. The van der Waals surface area contributed by atoms with E-state index in [1.165, 1.54) is 12.1 Å². The van der Waals surface area contributed by atoms with Crippen molar-refractivity contribution in [3.63, 3.8) is 0 Å². The Morgan fingerprint density at radius 3 is 1.70 bits per heavy atom. The molecule has 0 atom stereocenters. The molecule has 0 aliphatic heterocycles. The zero-order chi connectivity index (χ0) is 17.6. The molecule has 9 nitrogen and oxygen atoms in total. The second-order valence-corrected chi connectivity index (χ2v) is 6.90. The minimum absolute atomic E-state index is 0.367. The number of aliphatic hydroxyl groups excluding tert-OH is 2. The molecule has 0 aromatic heterocycles. The predicted octanol–water partition coefficient (Wildman–Crippen LogP) is -1.97. The third kappa shape index (κ3) is 5.53. The van der Waals surface area contributed by atoms with Crippen LogP contribution in [0.25, 0.3) is 0 Å². The van der Waals surface area contributed by atoms with Gasteiger partial charge in [0.05, 0.1) is 0 Å². The van der Waals surface area contributed by atoms with Crippen LogP contribution in [0.4, 0.5) is 0 Å². The second kappa shape index (κ2) is 8.73. The van der Waals surface area contributed by atoms with Crippen LogP contribution in [0.3, 0.4) is 0 Å². The van der Waals surface area contributed by atoms with Gasteiger partial charge in [-0.05, 0) is 0 Å². The monoisotopic (exact) mass is 356 g/mol. The molecule has 0 heterocycles. The van der Waals surface area contributed by atoms with Crippen molar-refractivity contribution < 1.29 is 42.2 Å². The van der Waals surface area contributed by atoms with Crippen molar-refractivity contribution in [3.05, 3.63) is 23.3 Å². The van der Waals surface area contributed by atoms with Crippen molar-refractivity contribution in [1.82, 2.24) is 0 Å². The van der Waals surface area contributed by atoms with E-state index in [4.69, 9.17) is 10.2 Å². The van der Waals surface area contributed by atoms with Crippen LogP contribution in [-0.2, 0) is 19.6 Å². The third-order valence-corrected chi connectivity index (χ3v) is 4.11. The van der Waals surface area contributed by atoms with Gasteiger partial charge in [0.15, 0.2) is 0 Å². The molecule has 0 unspecified atom stereocenters. The fraction of sp³-hybridized carbons (Fsp3) is 0.333. The van der Waals surface area contributed by atoms with Crippen LogP contribution in [0.1, 0.15) is 20.7 Å². The van der Waals surface area contributed by atoms with Gasteiger partial charge in [0.2, 0.25) is 0 Å². The summed E-state index contributed by atoms with van der Waals surface area (Å²) in [6.07, 6.45) is 0. The standard InChI is InChI=1S/C12H13O9S.Na/c13-4-6-20-11(15)8-2-1-3-9(10(8)22(17,18)19)12(16)21-7-5-14;/h2-3,13-14H,4-7H2,(H,17,18,19);. The Hall–Kier alpha value is -1.01. The normalized spacial score (nSPS) is 11.2. The van der Waals surface area contributed by atoms with Gasteiger partial charge in [-0.2, -0.15) is 0 Å². The number of aliphatic hydroxyl groups is 2. The first-order valence-corrected chi connectivity index (χ1v) is 8.84. The summed E-state index contributed by atoms with van der Waals surface area (Å²) in [5.41, 5.74) is -1.05. The van der Waals surface area contributed by atoms with Crippen LogP contribution in [0, 0.1) is 0 Å². The van der Waals surface area contributed by atoms with Crippen LogP contribution in [0.15, 0.2) is 17.0 Å². The summed E-state index contributed by atoms with van der Waals surface area (Å²) in [5, 5.41) is 17.3. The van der Waals surface area contributed by atoms with Gasteiger partial charge >= 0.3 is 150 Å². The zero-order valence-electron chi connectivity index (χ0n) is 12.2. The van der Waals surface area contributed by atoms with Gasteiger partial charge in [0, 0.05) is 0 Å². The van der Waals surface area contributed by atoms with E-state index in [9.17, 15) is 22.6 Å². The second-order valence-electron chi connectivity index (χ2n) is 4.38. The number of benzene rings is 1. The van der Waals surface area contributed by atoms with E-state index in [1.54, 1.807) is 0 Å². The molecule has 0 aliphatic rings. The first-order valence-electron chi connectivity index (χ1n) is 6.40. The summed E-state index contributed by atoms with van der Waals surface area (Å²) in [6.45, 7) is -1.70. The van der Waals surface area contributed by atoms with Gasteiger partial charge in [-0.3, -0.25) is 0 Å². The molecule has 0 bridgehead atoms. The number of esters is 2. The fourth-order valence-corrected chi connectivity index (χ4v) is 3.20. The SMILES string of the molecule is O=C(OCCO)c1c[c]([Na])cc(C(=O)OCCO)c1S(=O)(=O)O. The third-order valence-electron chi connectivity index (χ3n) is 2.58. The Morgan fingerprint density at radius 1 is 1.00 bits per heavy atom. The van der Waals surface area contributed by atoms with Gasteiger partial charge in [-0.25, -0.2) is 0 Å². The summed E-state index contributed by atoms with van der Waals surface area (Å²) >= 11 is 0.367. The number of rotatable bonds is 7. The van der Waals surface area contributed by atoms with Crippen molar-refractivity contribution in [3.8, 4) is 0 Å². The van der Waals surface area contributed by atoms with E-state index in [0.717, 1.165) is 0 Å². The Bertz CT molecular complexity index is 657. The molecule has 122 valence electrons. The van der Waals surface area contributed by atoms with Crippen molar-refractivity contribution in [2.45, 2.75) is 4.90 Å². The number of ether oxygens (including phenoxy) is 2. The summed E-state index contributed by atoms with van der Waals surface area (Å²) < 4.78 is 42.3. The number of hydrogen-bond donors (Lipinski definition) is 3. The first-order chi connectivity index (χ1) is 10.7. The van der Waals surface area contributed by atoms with E-state index >= 15 is 0 Å². The number of hydrogen-bond acceptors (Lipinski definition) is 8. The van der Waals surface area contributed by atoms with Gasteiger partial charge in [-0.15, -0.1) is 0 Å². The van der Waals surface area contributed by atoms with Crippen LogP contribution in [0.5, 0.6) is 0 Å². The van der Waals surface area contributed by atoms with Crippen molar-refractivity contribution in [2.24, 2.45) is 0 Å². The van der Waals surface area contributed by atoms with E-state index in [2.05, 4.69) is 9.47 Å². The Balaban J connectivity index is 3.49. The van der Waals surface area contributed by atoms with E-state index in [-0.39, 0.29) is 13.2 Å². The first kappa shape index (κ1) is 20.0. The van der Waals surface area contributed by atoms with Gasteiger partial charge in [0.1, 0.15) is 0 Å². The molecule has 0 amide bonds. The van der Waals surface area contributed by atoms with Gasteiger partial charge in [-0.1, -0.05) is 0 Å². The Labute approximate surface area is 149 Å². The molecular weight excluding hydrogens is 343 g/mol. The van der Waals surface area contributed by atoms with Crippen LogP contribution in [0.2, 0.25) is 0 Å². The number of carbonyl (C=O) groups is 2. The molecular formula is C12H13NaO9S. The maximum absolute atomic E-state index is 11.9. The molecule has 0 spiro atoms. The molecule has 11 heteroatoms. The topological polar surface area (TPSA) is 147 Å². The van der Waals surface area contributed by atoms with Crippen LogP contribution >= 0.6 is 0 Å². The zero-order valence-corrected chi connectivity index (χ0v) is 15.0. The molecule has 0 saturated carbocycles. The summed E-state index contributed by atoms with van der Waals surface area (Å²) in [6, 6.07) is 2.36.